The first-order chi connectivity index (χ1) is 13.8. The second-order valence-electron chi connectivity index (χ2n) is 7.23. The first kappa shape index (κ1) is 18.0. The predicted molar refractivity (Wildman–Crippen MR) is 111 cm³/mol. The minimum Gasteiger partial charge on any atom is -0.461 e. The van der Waals surface area contributed by atoms with Gasteiger partial charge in [-0.3, -0.25) is 0 Å². The van der Waals surface area contributed by atoms with Gasteiger partial charge in [-0.05, 0) is 51.0 Å². The first-order valence-corrected chi connectivity index (χ1v) is 11.6. The molecule has 1 fully saturated rings. The van der Waals surface area contributed by atoms with E-state index in [1.807, 2.05) is 23.6 Å². The molecule has 8 heteroatoms. The molecule has 1 unspecified atom stereocenters. The summed E-state index contributed by atoms with van der Waals surface area (Å²) in [5, 5.41) is 4.03. The van der Waals surface area contributed by atoms with Crippen molar-refractivity contribution in [2.45, 2.75) is 51.5 Å². The van der Waals surface area contributed by atoms with Gasteiger partial charge in [-0.15, -0.1) is 22.7 Å². The van der Waals surface area contributed by atoms with Crippen LogP contribution in [-0.2, 0) is 17.6 Å². The van der Waals surface area contributed by atoms with E-state index >= 15 is 0 Å². The molecule has 4 heterocycles. The van der Waals surface area contributed by atoms with E-state index in [1.165, 1.54) is 28.7 Å². The topological polar surface area (TPSA) is 68.2 Å². The molecule has 0 bridgehead atoms. The van der Waals surface area contributed by atoms with Crippen molar-refractivity contribution >= 4 is 44.7 Å². The Morgan fingerprint density at radius 2 is 2.18 bits per heavy atom. The van der Waals surface area contributed by atoms with Crippen LogP contribution in [-0.4, -0.2) is 34.1 Å². The van der Waals surface area contributed by atoms with Gasteiger partial charge in [0.05, 0.1) is 18.0 Å². The zero-order chi connectivity index (χ0) is 19.1. The third-order valence-corrected chi connectivity index (χ3v) is 7.69. The fraction of sp³-hybridized carbons (Fsp3) is 0.500. The fourth-order valence-corrected chi connectivity index (χ4v) is 6.47. The number of anilines is 1. The Balaban J connectivity index is 1.53. The molecule has 0 aromatic carbocycles. The van der Waals surface area contributed by atoms with Gasteiger partial charge in [0.25, 0.3) is 0 Å². The number of carbonyl (C=O) groups is 1. The van der Waals surface area contributed by atoms with Gasteiger partial charge in [0, 0.05) is 16.8 Å². The average Bonchev–Trinajstić information content (AvgIpc) is 3.44. The molecule has 3 aromatic heterocycles. The first-order valence-electron chi connectivity index (χ1n) is 9.90. The summed E-state index contributed by atoms with van der Waals surface area (Å²) in [6.45, 7) is 3.13. The van der Waals surface area contributed by atoms with Crippen molar-refractivity contribution in [2.24, 2.45) is 0 Å². The Morgan fingerprint density at radius 1 is 1.29 bits per heavy atom. The second kappa shape index (κ2) is 7.40. The lowest BCUT2D eigenvalue weighted by molar-refractivity contribution is 0.0520. The Morgan fingerprint density at radius 3 is 3.07 bits per heavy atom. The second-order valence-corrected chi connectivity index (χ2v) is 9.20. The van der Waals surface area contributed by atoms with Crippen LogP contribution in [0.25, 0.3) is 10.2 Å². The van der Waals surface area contributed by atoms with Crippen molar-refractivity contribution < 1.29 is 9.53 Å². The Kier molecular flexibility index (Phi) is 4.76. The lowest BCUT2D eigenvalue weighted by Crippen LogP contribution is -2.24. The molecule has 28 heavy (non-hydrogen) atoms. The van der Waals surface area contributed by atoms with Gasteiger partial charge in [0.1, 0.15) is 22.0 Å². The molecule has 2 aliphatic rings. The fourth-order valence-electron chi connectivity index (χ4n) is 4.31. The van der Waals surface area contributed by atoms with E-state index in [2.05, 4.69) is 14.9 Å². The number of ether oxygens (including phenoxy) is 1. The summed E-state index contributed by atoms with van der Waals surface area (Å²) in [6, 6.07) is 0.158. The van der Waals surface area contributed by atoms with E-state index in [4.69, 9.17) is 9.72 Å². The van der Waals surface area contributed by atoms with E-state index in [0.29, 0.717) is 12.3 Å². The lowest BCUT2D eigenvalue weighted by atomic mass is 9.97. The highest BCUT2D eigenvalue weighted by atomic mass is 32.1. The molecule has 1 atom stereocenters. The average molecular weight is 415 g/mol. The SMILES string of the molecule is CCOC(=O)c1csc(C2CCCN2c2ncnc3sc4c(c23)CCCC4)n1. The Labute approximate surface area is 171 Å². The van der Waals surface area contributed by atoms with Crippen LogP contribution >= 0.6 is 22.7 Å². The number of thiazole rings is 1. The molecular formula is C20H22N4O2S2. The normalized spacial score (nSPS) is 19.2. The number of hydrogen-bond acceptors (Lipinski definition) is 8. The van der Waals surface area contributed by atoms with Crippen LogP contribution in [0.5, 0.6) is 0 Å². The third-order valence-electron chi connectivity index (χ3n) is 5.55. The number of rotatable bonds is 4. The van der Waals surface area contributed by atoms with Gasteiger partial charge in [-0.25, -0.2) is 19.7 Å². The number of aromatic nitrogens is 3. The molecule has 0 amide bonds. The van der Waals surface area contributed by atoms with Crippen LogP contribution in [0.1, 0.15) is 64.6 Å². The summed E-state index contributed by atoms with van der Waals surface area (Å²) in [4.78, 5) is 30.9. The standard InChI is InChI=1S/C20H22N4O2S2/c1-2-26-20(25)13-10-27-18(23-13)14-7-5-9-24(14)17-16-12-6-3-4-8-15(12)28-19(16)22-11-21-17/h10-11,14H,2-9H2,1H3. The molecule has 146 valence electrons. The monoisotopic (exact) mass is 414 g/mol. The van der Waals surface area contributed by atoms with Crippen LogP contribution in [0.2, 0.25) is 0 Å². The van der Waals surface area contributed by atoms with Crippen molar-refractivity contribution in [3.8, 4) is 0 Å². The predicted octanol–water partition coefficient (Wildman–Crippen LogP) is 4.54. The zero-order valence-electron chi connectivity index (χ0n) is 15.8. The largest absolute Gasteiger partial charge is 0.461 e. The molecule has 5 rings (SSSR count). The van der Waals surface area contributed by atoms with Gasteiger partial charge in [0.15, 0.2) is 5.69 Å². The maximum Gasteiger partial charge on any atom is 0.357 e. The van der Waals surface area contributed by atoms with E-state index in [9.17, 15) is 4.79 Å². The van der Waals surface area contributed by atoms with Crippen LogP contribution < -0.4 is 4.90 Å². The third kappa shape index (κ3) is 2.99. The molecule has 0 spiro atoms. The highest BCUT2D eigenvalue weighted by Gasteiger charge is 2.33. The van der Waals surface area contributed by atoms with Crippen molar-refractivity contribution in [3.63, 3.8) is 0 Å². The van der Waals surface area contributed by atoms with Crippen LogP contribution in [0.15, 0.2) is 11.7 Å². The van der Waals surface area contributed by atoms with E-state index in [1.54, 1.807) is 17.7 Å². The molecule has 6 nitrogen and oxygen atoms in total. The summed E-state index contributed by atoms with van der Waals surface area (Å²) < 4.78 is 5.10. The molecule has 1 aliphatic heterocycles. The van der Waals surface area contributed by atoms with Crippen LogP contribution in [0.4, 0.5) is 5.82 Å². The smallest absolute Gasteiger partial charge is 0.357 e. The number of hydrogen-bond donors (Lipinski definition) is 0. The zero-order valence-corrected chi connectivity index (χ0v) is 17.4. The summed E-state index contributed by atoms with van der Waals surface area (Å²) in [7, 11) is 0. The van der Waals surface area contributed by atoms with E-state index in [-0.39, 0.29) is 12.0 Å². The molecule has 0 radical (unpaired) electrons. The van der Waals surface area contributed by atoms with Crippen molar-refractivity contribution in [1.82, 2.24) is 15.0 Å². The number of thiophene rings is 1. The molecule has 0 saturated carbocycles. The minimum atomic E-state index is -0.342. The van der Waals surface area contributed by atoms with Crippen molar-refractivity contribution in [1.29, 1.82) is 0 Å². The molecule has 3 aromatic rings. The van der Waals surface area contributed by atoms with E-state index < -0.39 is 0 Å². The van der Waals surface area contributed by atoms with Gasteiger partial charge >= 0.3 is 5.97 Å². The Hall–Kier alpha value is -2.06. The number of esters is 1. The summed E-state index contributed by atoms with van der Waals surface area (Å²) in [5.74, 6) is 0.700. The van der Waals surface area contributed by atoms with Gasteiger partial charge in [-0.2, -0.15) is 0 Å². The summed E-state index contributed by atoms with van der Waals surface area (Å²) in [5.41, 5.74) is 1.87. The quantitative estimate of drug-likeness (QED) is 0.584. The van der Waals surface area contributed by atoms with Crippen molar-refractivity contribution in [2.75, 3.05) is 18.1 Å². The molecule has 0 N–H and O–H groups in total. The minimum absolute atomic E-state index is 0.158. The molecular weight excluding hydrogens is 392 g/mol. The van der Waals surface area contributed by atoms with Gasteiger partial charge in [0.2, 0.25) is 0 Å². The Bertz CT molecular complexity index is 1030. The molecule has 1 aliphatic carbocycles. The van der Waals surface area contributed by atoms with Gasteiger partial charge < -0.3 is 9.64 Å². The maximum atomic E-state index is 12.0. The summed E-state index contributed by atoms with van der Waals surface area (Å²) >= 11 is 3.37. The highest BCUT2D eigenvalue weighted by Crippen LogP contribution is 2.44. The number of nitrogens with zero attached hydrogens (tertiary/aromatic N) is 4. The van der Waals surface area contributed by atoms with Gasteiger partial charge in [-0.1, -0.05) is 0 Å². The highest BCUT2D eigenvalue weighted by molar-refractivity contribution is 7.19. The number of aryl methyl sites for hydroxylation is 2. The van der Waals surface area contributed by atoms with Crippen molar-refractivity contribution in [3.05, 3.63) is 32.8 Å². The van der Waals surface area contributed by atoms with E-state index in [0.717, 1.165) is 47.9 Å². The number of fused-ring (bicyclic) bond motifs is 3. The molecule has 1 saturated heterocycles. The maximum absolute atomic E-state index is 12.0. The van der Waals surface area contributed by atoms with Crippen LogP contribution in [0.3, 0.4) is 0 Å². The van der Waals surface area contributed by atoms with Crippen LogP contribution in [0, 0.1) is 0 Å². The summed E-state index contributed by atoms with van der Waals surface area (Å²) in [6.07, 6.45) is 8.61. The lowest BCUT2D eigenvalue weighted by Gasteiger charge is -2.25. The number of carbonyl (C=O) groups excluding carboxylic acids is 1.